The topological polar surface area (TPSA) is 49.4 Å². The second-order valence-corrected chi connectivity index (χ2v) is 7.62. The Morgan fingerprint density at radius 1 is 1.30 bits per heavy atom. The van der Waals surface area contributed by atoms with Crippen molar-refractivity contribution in [1.29, 1.82) is 0 Å². The van der Waals surface area contributed by atoms with Crippen LogP contribution < -0.4 is 5.32 Å². The third-order valence-corrected chi connectivity index (χ3v) is 4.28. The van der Waals surface area contributed by atoms with E-state index in [2.05, 4.69) is 36.2 Å². The van der Waals surface area contributed by atoms with Crippen LogP contribution in [-0.2, 0) is 9.84 Å². The minimum absolute atomic E-state index is 0.204. The molecule has 20 heavy (non-hydrogen) atoms. The van der Waals surface area contributed by atoms with Crippen LogP contribution in [0.4, 0.5) is 0 Å². The van der Waals surface area contributed by atoms with E-state index in [0.29, 0.717) is 6.54 Å². The Morgan fingerprint density at radius 3 is 2.50 bits per heavy atom. The standard InChI is InChI=1S/C15H26N2O2S/c1-5-16-15(14-9-7-6-8-13(14)2)12-17(3)10-11-20(4,18)19/h6-9,15-16H,5,10-12H2,1-4H3. The molecule has 0 heterocycles. The van der Waals surface area contributed by atoms with Crippen LogP contribution in [0.3, 0.4) is 0 Å². The third kappa shape index (κ3) is 6.03. The summed E-state index contributed by atoms with van der Waals surface area (Å²) in [5.41, 5.74) is 2.54. The lowest BCUT2D eigenvalue weighted by Crippen LogP contribution is -2.35. The lowest BCUT2D eigenvalue weighted by molar-refractivity contribution is 0.306. The molecule has 1 N–H and O–H groups in total. The molecule has 0 aliphatic rings. The van der Waals surface area contributed by atoms with Gasteiger partial charge in [-0.25, -0.2) is 8.42 Å². The predicted molar refractivity (Wildman–Crippen MR) is 84.8 cm³/mol. The zero-order chi connectivity index (χ0) is 15.2. The zero-order valence-corrected chi connectivity index (χ0v) is 13.7. The van der Waals surface area contributed by atoms with Gasteiger partial charge in [-0.3, -0.25) is 0 Å². The van der Waals surface area contributed by atoms with Gasteiger partial charge in [0.05, 0.1) is 5.75 Å². The van der Waals surface area contributed by atoms with Crippen LogP contribution in [0.1, 0.15) is 24.1 Å². The second kappa shape index (κ2) is 7.76. The van der Waals surface area contributed by atoms with Gasteiger partial charge in [0.25, 0.3) is 0 Å². The van der Waals surface area contributed by atoms with E-state index in [0.717, 1.165) is 13.1 Å². The first-order valence-electron chi connectivity index (χ1n) is 6.98. The highest BCUT2D eigenvalue weighted by molar-refractivity contribution is 7.90. The van der Waals surface area contributed by atoms with Gasteiger partial charge in [-0.2, -0.15) is 0 Å². The Balaban J connectivity index is 2.70. The third-order valence-electron chi connectivity index (χ3n) is 3.35. The van der Waals surface area contributed by atoms with Gasteiger partial charge >= 0.3 is 0 Å². The van der Waals surface area contributed by atoms with Crippen LogP contribution in [0.25, 0.3) is 0 Å². The Bertz CT molecular complexity index is 514. The quantitative estimate of drug-likeness (QED) is 0.792. The summed E-state index contributed by atoms with van der Waals surface area (Å²) in [6, 6.07) is 8.55. The van der Waals surface area contributed by atoms with Crippen LogP contribution in [-0.4, -0.2) is 52.0 Å². The van der Waals surface area contributed by atoms with Gasteiger partial charge in [0.1, 0.15) is 9.84 Å². The Morgan fingerprint density at radius 2 is 1.95 bits per heavy atom. The molecule has 1 unspecified atom stereocenters. The fourth-order valence-corrected chi connectivity index (χ4v) is 2.86. The molecule has 0 saturated heterocycles. The smallest absolute Gasteiger partial charge is 0.148 e. The molecule has 0 aliphatic carbocycles. The maximum Gasteiger partial charge on any atom is 0.148 e. The Hall–Kier alpha value is -0.910. The molecule has 0 aromatic heterocycles. The molecular formula is C15H26N2O2S. The average Bonchev–Trinajstić information content (AvgIpc) is 2.36. The monoisotopic (exact) mass is 298 g/mol. The van der Waals surface area contributed by atoms with Crippen molar-refractivity contribution in [1.82, 2.24) is 10.2 Å². The normalized spacial score (nSPS) is 13.7. The molecular weight excluding hydrogens is 272 g/mol. The van der Waals surface area contributed by atoms with Gasteiger partial charge in [-0.1, -0.05) is 31.2 Å². The number of rotatable bonds is 8. The number of nitrogens with zero attached hydrogens (tertiary/aromatic N) is 1. The van der Waals surface area contributed by atoms with Gasteiger partial charge in [-0.15, -0.1) is 0 Å². The van der Waals surface area contributed by atoms with Crippen molar-refractivity contribution in [3.8, 4) is 0 Å². The SMILES string of the molecule is CCNC(CN(C)CCS(C)(=O)=O)c1ccccc1C. The van der Waals surface area contributed by atoms with Gasteiger partial charge in [-0.05, 0) is 31.6 Å². The highest BCUT2D eigenvalue weighted by Crippen LogP contribution is 2.18. The maximum atomic E-state index is 11.2. The Labute approximate surface area is 123 Å². The average molecular weight is 298 g/mol. The largest absolute Gasteiger partial charge is 0.309 e. The molecule has 1 rings (SSSR count). The van der Waals surface area contributed by atoms with E-state index in [9.17, 15) is 8.42 Å². The number of benzene rings is 1. The van der Waals surface area contributed by atoms with E-state index in [-0.39, 0.29) is 11.8 Å². The number of nitrogens with one attached hydrogen (secondary N) is 1. The molecule has 0 bridgehead atoms. The van der Waals surface area contributed by atoms with Crippen LogP contribution in [0.15, 0.2) is 24.3 Å². The summed E-state index contributed by atoms with van der Waals surface area (Å²) >= 11 is 0. The second-order valence-electron chi connectivity index (χ2n) is 5.36. The predicted octanol–water partition coefficient (Wildman–Crippen LogP) is 1.62. The van der Waals surface area contributed by atoms with Crippen molar-refractivity contribution in [3.05, 3.63) is 35.4 Å². The number of likely N-dealkylation sites (N-methyl/N-ethyl adjacent to an activating group) is 2. The summed E-state index contributed by atoms with van der Waals surface area (Å²) in [7, 11) is -0.936. The van der Waals surface area contributed by atoms with Crippen molar-refractivity contribution in [2.45, 2.75) is 19.9 Å². The highest BCUT2D eigenvalue weighted by atomic mass is 32.2. The van der Waals surface area contributed by atoms with E-state index < -0.39 is 9.84 Å². The highest BCUT2D eigenvalue weighted by Gasteiger charge is 2.15. The van der Waals surface area contributed by atoms with Gasteiger partial charge in [0.15, 0.2) is 0 Å². The minimum Gasteiger partial charge on any atom is -0.309 e. The van der Waals surface area contributed by atoms with Gasteiger partial charge in [0.2, 0.25) is 0 Å². The zero-order valence-electron chi connectivity index (χ0n) is 12.9. The summed E-state index contributed by atoms with van der Waals surface area (Å²) in [6.45, 7) is 6.44. The molecule has 0 spiro atoms. The molecule has 1 aromatic carbocycles. The number of aryl methyl sites for hydroxylation is 1. The molecule has 0 amide bonds. The first-order valence-corrected chi connectivity index (χ1v) is 9.04. The van der Waals surface area contributed by atoms with Crippen LogP contribution >= 0.6 is 0 Å². The Kier molecular flexibility index (Phi) is 6.65. The van der Waals surface area contributed by atoms with Crippen molar-refractivity contribution in [3.63, 3.8) is 0 Å². The number of hydrogen-bond acceptors (Lipinski definition) is 4. The molecule has 4 nitrogen and oxygen atoms in total. The van der Waals surface area contributed by atoms with Gasteiger partial charge in [0, 0.05) is 25.4 Å². The van der Waals surface area contributed by atoms with E-state index in [1.165, 1.54) is 17.4 Å². The summed E-state index contributed by atoms with van der Waals surface area (Å²) in [4.78, 5) is 2.07. The molecule has 1 atom stereocenters. The molecule has 0 aliphatic heterocycles. The molecule has 0 fully saturated rings. The van der Waals surface area contributed by atoms with Crippen LogP contribution in [0, 0.1) is 6.92 Å². The van der Waals surface area contributed by atoms with Crippen LogP contribution in [0.5, 0.6) is 0 Å². The fraction of sp³-hybridized carbons (Fsp3) is 0.600. The fourth-order valence-electron chi connectivity index (χ4n) is 2.22. The lowest BCUT2D eigenvalue weighted by atomic mass is 10.0. The van der Waals surface area contributed by atoms with E-state index in [1.54, 1.807) is 0 Å². The van der Waals surface area contributed by atoms with E-state index in [4.69, 9.17) is 0 Å². The number of hydrogen-bond donors (Lipinski definition) is 1. The van der Waals surface area contributed by atoms with E-state index in [1.807, 2.05) is 19.2 Å². The maximum absolute atomic E-state index is 11.2. The molecule has 0 saturated carbocycles. The van der Waals surface area contributed by atoms with Crippen LogP contribution in [0.2, 0.25) is 0 Å². The number of sulfone groups is 1. The first kappa shape index (κ1) is 17.1. The lowest BCUT2D eigenvalue weighted by Gasteiger charge is -2.26. The van der Waals surface area contributed by atoms with Crippen molar-refractivity contribution in [2.75, 3.05) is 38.7 Å². The van der Waals surface area contributed by atoms with Crippen molar-refractivity contribution in [2.24, 2.45) is 0 Å². The van der Waals surface area contributed by atoms with Crippen molar-refractivity contribution < 1.29 is 8.42 Å². The molecule has 1 aromatic rings. The summed E-state index contributed by atoms with van der Waals surface area (Å²) in [5, 5.41) is 3.48. The van der Waals surface area contributed by atoms with E-state index >= 15 is 0 Å². The molecule has 5 heteroatoms. The summed E-state index contributed by atoms with van der Waals surface area (Å²) in [5.74, 6) is 0.204. The van der Waals surface area contributed by atoms with Crippen molar-refractivity contribution >= 4 is 9.84 Å². The first-order chi connectivity index (χ1) is 9.33. The minimum atomic E-state index is -2.90. The summed E-state index contributed by atoms with van der Waals surface area (Å²) in [6.07, 6.45) is 1.28. The van der Waals surface area contributed by atoms with Gasteiger partial charge < -0.3 is 10.2 Å². The summed E-state index contributed by atoms with van der Waals surface area (Å²) < 4.78 is 22.5. The molecule has 0 radical (unpaired) electrons. The molecule has 114 valence electrons.